The van der Waals surface area contributed by atoms with Crippen molar-refractivity contribution in [2.24, 2.45) is 5.92 Å². The molecule has 0 spiro atoms. The van der Waals surface area contributed by atoms with Gasteiger partial charge in [0.1, 0.15) is 0 Å². The van der Waals surface area contributed by atoms with Crippen LogP contribution in [0.1, 0.15) is 32.6 Å². The topological polar surface area (TPSA) is 60.9 Å². The van der Waals surface area contributed by atoms with Gasteiger partial charge < -0.3 is 5.11 Å². The molecule has 100 valence electrons. The molecule has 0 atom stereocenters. The van der Waals surface area contributed by atoms with Gasteiger partial charge >= 0.3 is 0 Å². The maximum atomic E-state index is 12.3. The van der Waals surface area contributed by atoms with Crippen molar-refractivity contribution < 1.29 is 13.5 Å². The van der Waals surface area contributed by atoms with Crippen molar-refractivity contribution in [1.29, 1.82) is 0 Å². The molecule has 2 heterocycles. The third-order valence-electron chi connectivity index (χ3n) is 3.82. The SMILES string of the molecule is CC1CCN(S(=O)(=O)N2CCC(O)CC2)CC1. The Morgan fingerprint density at radius 2 is 1.35 bits per heavy atom. The number of piperidine rings is 2. The van der Waals surface area contributed by atoms with Gasteiger partial charge in [-0.3, -0.25) is 0 Å². The Balaban J connectivity index is 1.98. The van der Waals surface area contributed by atoms with Gasteiger partial charge in [-0.2, -0.15) is 17.0 Å². The zero-order valence-electron chi connectivity index (χ0n) is 10.4. The van der Waals surface area contributed by atoms with Crippen molar-refractivity contribution in [3.63, 3.8) is 0 Å². The summed E-state index contributed by atoms with van der Waals surface area (Å²) in [6.45, 7) is 4.36. The summed E-state index contributed by atoms with van der Waals surface area (Å²) >= 11 is 0. The molecule has 2 aliphatic rings. The van der Waals surface area contributed by atoms with Crippen LogP contribution in [0.15, 0.2) is 0 Å². The lowest BCUT2D eigenvalue weighted by molar-refractivity contribution is 0.109. The summed E-state index contributed by atoms with van der Waals surface area (Å²) in [5, 5.41) is 9.40. The predicted molar refractivity (Wildman–Crippen MR) is 65.7 cm³/mol. The number of hydrogen-bond acceptors (Lipinski definition) is 3. The van der Waals surface area contributed by atoms with E-state index in [1.165, 1.54) is 4.31 Å². The van der Waals surface area contributed by atoms with E-state index in [0.29, 0.717) is 44.9 Å². The highest BCUT2D eigenvalue weighted by atomic mass is 32.2. The van der Waals surface area contributed by atoms with E-state index in [9.17, 15) is 13.5 Å². The standard InChI is InChI=1S/C11H22N2O3S/c1-10-2-6-12(7-3-10)17(15,16)13-8-4-11(14)5-9-13/h10-11,14H,2-9H2,1H3. The average molecular weight is 262 g/mol. The molecule has 0 radical (unpaired) electrons. The molecule has 2 aliphatic heterocycles. The lowest BCUT2D eigenvalue weighted by Gasteiger charge is -2.36. The molecule has 0 bridgehead atoms. The van der Waals surface area contributed by atoms with Crippen LogP contribution in [-0.2, 0) is 10.2 Å². The fourth-order valence-electron chi connectivity index (χ4n) is 2.45. The molecule has 0 aromatic carbocycles. The molecule has 0 saturated carbocycles. The molecule has 0 aromatic heterocycles. The number of hydrogen-bond donors (Lipinski definition) is 1. The molecule has 0 aromatic rings. The van der Waals surface area contributed by atoms with E-state index >= 15 is 0 Å². The molecule has 0 unspecified atom stereocenters. The van der Waals surface area contributed by atoms with E-state index < -0.39 is 10.2 Å². The molecule has 17 heavy (non-hydrogen) atoms. The van der Waals surface area contributed by atoms with Crippen LogP contribution in [0, 0.1) is 5.92 Å². The zero-order chi connectivity index (χ0) is 12.5. The summed E-state index contributed by atoms with van der Waals surface area (Å²) in [5.74, 6) is 0.629. The normalized spacial score (nSPS) is 27.4. The van der Waals surface area contributed by atoms with E-state index in [2.05, 4.69) is 6.92 Å². The first kappa shape index (κ1) is 13.3. The molecular formula is C11H22N2O3S. The second kappa shape index (κ2) is 5.22. The molecule has 5 nitrogen and oxygen atoms in total. The Morgan fingerprint density at radius 3 is 1.82 bits per heavy atom. The summed E-state index contributed by atoms with van der Waals surface area (Å²) < 4.78 is 27.8. The minimum absolute atomic E-state index is 0.331. The number of nitrogens with zero attached hydrogens (tertiary/aromatic N) is 2. The van der Waals surface area contributed by atoms with E-state index in [-0.39, 0.29) is 6.10 Å². The first-order valence-electron chi connectivity index (χ1n) is 6.43. The van der Waals surface area contributed by atoms with Gasteiger partial charge in [0.2, 0.25) is 0 Å². The summed E-state index contributed by atoms with van der Waals surface area (Å²) in [6.07, 6.45) is 2.70. The fraction of sp³-hybridized carbons (Fsp3) is 1.00. The second-order valence-electron chi connectivity index (χ2n) is 5.22. The smallest absolute Gasteiger partial charge is 0.281 e. The van der Waals surface area contributed by atoms with E-state index in [0.717, 1.165) is 12.8 Å². The minimum atomic E-state index is -3.28. The first-order valence-corrected chi connectivity index (χ1v) is 7.83. The second-order valence-corrected chi connectivity index (χ2v) is 7.15. The summed E-state index contributed by atoms with van der Waals surface area (Å²) in [5.41, 5.74) is 0. The monoisotopic (exact) mass is 262 g/mol. The van der Waals surface area contributed by atoms with Crippen LogP contribution in [-0.4, -0.2) is 54.4 Å². The quantitative estimate of drug-likeness (QED) is 0.784. The van der Waals surface area contributed by atoms with Gasteiger partial charge in [-0.05, 0) is 31.6 Å². The number of rotatable bonds is 2. The molecule has 1 N–H and O–H groups in total. The Hall–Kier alpha value is -0.170. The minimum Gasteiger partial charge on any atom is -0.393 e. The van der Waals surface area contributed by atoms with E-state index in [1.54, 1.807) is 4.31 Å². The van der Waals surface area contributed by atoms with Gasteiger partial charge in [-0.1, -0.05) is 6.92 Å². The third-order valence-corrected chi connectivity index (χ3v) is 5.85. The maximum Gasteiger partial charge on any atom is 0.281 e. The van der Waals surface area contributed by atoms with Gasteiger partial charge in [0.25, 0.3) is 10.2 Å². The van der Waals surface area contributed by atoms with Crippen LogP contribution in [0.2, 0.25) is 0 Å². The Morgan fingerprint density at radius 1 is 0.941 bits per heavy atom. The first-order chi connectivity index (χ1) is 8.00. The van der Waals surface area contributed by atoms with Crippen molar-refractivity contribution in [3.05, 3.63) is 0 Å². The number of aliphatic hydroxyl groups excluding tert-OH is 1. The molecule has 2 rings (SSSR count). The highest BCUT2D eigenvalue weighted by molar-refractivity contribution is 7.86. The molecular weight excluding hydrogens is 240 g/mol. The Bertz CT molecular complexity index is 314. The zero-order valence-corrected chi connectivity index (χ0v) is 11.2. The Labute approximate surface area is 104 Å². The maximum absolute atomic E-state index is 12.3. The van der Waals surface area contributed by atoms with Gasteiger partial charge in [-0.25, -0.2) is 0 Å². The average Bonchev–Trinajstić information content (AvgIpc) is 2.30. The van der Waals surface area contributed by atoms with E-state index in [1.807, 2.05) is 0 Å². The van der Waals surface area contributed by atoms with Crippen LogP contribution in [0.25, 0.3) is 0 Å². The van der Waals surface area contributed by atoms with E-state index in [4.69, 9.17) is 0 Å². The summed E-state index contributed by atoms with van der Waals surface area (Å²) in [6, 6.07) is 0. The largest absolute Gasteiger partial charge is 0.393 e. The molecule has 6 heteroatoms. The van der Waals surface area contributed by atoms with Crippen molar-refractivity contribution in [2.75, 3.05) is 26.2 Å². The summed E-state index contributed by atoms with van der Waals surface area (Å²) in [7, 11) is -3.28. The van der Waals surface area contributed by atoms with Crippen LogP contribution in [0.3, 0.4) is 0 Å². The molecule has 0 aliphatic carbocycles. The lowest BCUT2D eigenvalue weighted by atomic mass is 10.0. The van der Waals surface area contributed by atoms with Crippen LogP contribution < -0.4 is 0 Å². The van der Waals surface area contributed by atoms with Crippen molar-refractivity contribution >= 4 is 10.2 Å². The molecule has 2 saturated heterocycles. The number of aliphatic hydroxyl groups is 1. The third kappa shape index (κ3) is 2.99. The van der Waals surface area contributed by atoms with Gasteiger partial charge in [0.15, 0.2) is 0 Å². The Kier molecular flexibility index (Phi) is 4.07. The van der Waals surface area contributed by atoms with Crippen molar-refractivity contribution in [1.82, 2.24) is 8.61 Å². The highest BCUT2D eigenvalue weighted by Crippen LogP contribution is 2.22. The van der Waals surface area contributed by atoms with Gasteiger partial charge in [-0.15, -0.1) is 0 Å². The van der Waals surface area contributed by atoms with Crippen LogP contribution >= 0.6 is 0 Å². The fourth-order valence-corrected chi connectivity index (χ4v) is 4.12. The van der Waals surface area contributed by atoms with Crippen molar-refractivity contribution in [3.8, 4) is 0 Å². The predicted octanol–water partition coefficient (Wildman–Crippen LogP) is 0.420. The lowest BCUT2D eigenvalue weighted by Crippen LogP contribution is -2.50. The molecule has 0 amide bonds. The molecule has 2 fully saturated rings. The summed E-state index contributed by atoms with van der Waals surface area (Å²) in [4.78, 5) is 0. The van der Waals surface area contributed by atoms with Crippen LogP contribution in [0.5, 0.6) is 0 Å². The van der Waals surface area contributed by atoms with Gasteiger partial charge in [0, 0.05) is 26.2 Å². The van der Waals surface area contributed by atoms with Crippen LogP contribution in [0.4, 0.5) is 0 Å². The highest BCUT2D eigenvalue weighted by Gasteiger charge is 2.33. The van der Waals surface area contributed by atoms with Crippen molar-refractivity contribution in [2.45, 2.75) is 38.7 Å². The van der Waals surface area contributed by atoms with Gasteiger partial charge in [0.05, 0.1) is 6.10 Å².